The molecule has 1 aliphatic heterocycles. The Morgan fingerprint density at radius 1 is 1.03 bits per heavy atom. The highest BCUT2D eigenvalue weighted by Crippen LogP contribution is 2.28. The van der Waals surface area contributed by atoms with Gasteiger partial charge in [-0.1, -0.05) is 18.2 Å². The summed E-state index contributed by atoms with van der Waals surface area (Å²) in [5, 5.41) is 2.96. The fourth-order valence-electron chi connectivity index (χ4n) is 3.60. The van der Waals surface area contributed by atoms with Crippen molar-refractivity contribution in [3.05, 3.63) is 53.1 Å². The third-order valence-electron chi connectivity index (χ3n) is 5.25. The highest BCUT2D eigenvalue weighted by atomic mass is 16.5. The highest BCUT2D eigenvalue weighted by Gasteiger charge is 2.23. The number of carbonyl (C=O) groups is 2. The minimum Gasteiger partial charge on any atom is -0.493 e. The third-order valence-corrected chi connectivity index (χ3v) is 5.25. The summed E-state index contributed by atoms with van der Waals surface area (Å²) in [5.41, 5.74) is 3.04. The first kappa shape index (κ1) is 20.7. The van der Waals surface area contributed by atoms with Crippen molar-refractivity contribution >= 4 is 17.5 Å². The number of likely N-dealkylation sites (tertiary alicyclic amines) is 1. The van der Waals surface area contributed by atoms with E-state index in [4.69, 9.17) is 9.47 Å². The van der Waals surface area contributed by atoms with Gasteiger partial charge in [-0.3, -0.25) is 9.59 Å². The first-order valence-corrected chi connectivity index (χ1v) is 9.93. The SMILES string of the molecule is COc1ccc(CCC(=O)Nc2c(C)cccc2C(=O)N2CCCC2)cc1OC. The lowest BCUT2D eigenvalue weighted by molar-refractivity contribution is -0.116. The lowest BCUT2D eigenvalue weighted by atomic mass is 10.1. The van der Waals surface area contributed by atoms with Gasteiger partial charge in [0.05, 0.1) is 25.5 Å². The van der Waals surface area contributed by atoms with Gasteiger partial charge in [0.25, 0.3) is 5.91 Å². The summed E-state index contributed by atoms with van der Waals surface area (Å²) in [5.74, 6) is 1.17. The summed E-state index contributed by atoms with van der Waals surface area (Å²) in [7, 11) is 3.18. The fraction of sp³-hybridized carbons (Fsp3) is 0.391. The lowest BCUT2D eigenvalue weighted by Gasteiger charge is -2.19. The van der Waals surface area contributed by atoms with Gasteiger partial charge < -0.3 is 19.7 Å². The van der Waals surface area contributed by atoms with Crippen molar-refractivity contribution in [3.8, 4) is 11.5 Å². The number of aryl methyl sites for hydroxylation is 2. The van der Waals surface area contributed by atoms with Crippen LogP contribution in [0.1, 0.15) is 40.7 Å². The minimum absolute atomic E-state index is 0.0126. The summed E-state index contributed by atoms with van der Waals surface area (Å²) in [6.07, 6.45) is 2.93. The molecule has 6 heteroatoms. The third kappa shape index (κ3) is 4.88. The maximum Gasteiger partial charge on any atom is 0.255 e. The molecule has 154 valence electrons. The highest BCUT2D eigenvalue weighted by molar-refractivity contribution is 6.04. The Morgan fingerprint density at radius 2 is 1.76 bits per heavy atom. The van der Waals surface area contributed by atoms with Gasteiger partial charge >= 0.3 is 0 Å². The van der Waals surface area contributed by atoms with Gasteiger partial charge in [-0.2, -0.15) is 0 Å². The second-order valence-electron chi connectivity index (χ2n) is 7.23. The van der Waals surface area contributed by atoms with Gasteiger partial charge in [0.1, 0.15) is 0 Å². The zero-order chi connectivity index (χ0) is 20.8. The van der Waals surface area contributed by atoms with Gasteiger partial charge in [0, 0.05) is 19.5 Å². The average molecular weight is 396 g/mol. The molecule has 6 nitrogen and oxygen atoms in total. The van der Waals surface area contributed by atoms with Crippen LogP contribution in [-0.4, -0.2) is 44.0 Å². The number of rotatable bonds is 7. The number of anilines is 1. The normalized spacial score (nSPS) is 13.3. The molecule has 0 radical (unpaired) electrons. The molecule has 3 rings (SSSR count). The lowest BCUT2D eigenvalue weighted by Crippen LogP contribution is -2.29. The molecule has 0 aliphatic carbocycles. The van der Waals surface area contributed by atoms with E-state index in [0.29, 0.717) is 35.6 Å². The summed E-state index contributed by atoms with van der Waals surface area (Å²) >= 11 is 0. The molecule has 0 unspecified atom stereocenters. The van der Waals surface area contributed by atoms with E-state index in [2.05, 4.69) is 5.32 Å². The molecule has 0 bridgehead atoms. The number of amides is 2. The standard InChI is InChI=1S/C23H28N2O4/c1-16-7-6-8-18(23(27)25-13-4-5-14-25)22(16)24-21(26)12-10-17-9-11-19(28-2)20(15-17)29-3/h6-9,11,15H,4-5,10,12-14H2,1-3H3,(H,24,26). The van der Waals surface area contributed by atoms with Crippen molar-refractivity contribution in [2.45, 2.75) is 32.6 Å². The number of carbonyl (C=O) groups excluding carboxylic acids is 2. The summed E-state index contributed by atoms with van der Waals surface area (Å²) in [6, 6.07) is 11.2. The molecule has 1 heterocycles. The number of methoxy groups -OCH3 is 2. The smallest absolute Gasteiger partial charge is 0.255 e. The number of nitrogens with zero attached hydrogens (tertiary/aromatic N) is 1. The van der Waals surface area contributed by atoms with Crippen LogP contribution in [-0.2, 0) is 11.2 Å². The number of benzene rings is 2. The molecule has 0 aromatic heterocycles. The zero-order valence-electron chi connectivity index (χ0n) is 17.3. The second-order valence-corrected chi connectivity index (χ2v) is 7.23. The first-order chi connectivity index (χ1) is 14.0. The number of hydrogen-bond acceptors (Lipinski definition) is 4. The molecule has 2 amide bonds. The van der Waals surface area contributed by atoms with Gasteiger partial charge in [0.2, 0.25) is 5.91 Å². The molecule has 0 atom stereocenters. The number of nitrogens with one attached hydrogen (secondary N) is 1. The number of ether oxygens (including phenoxy) is 2. The molecule has 2 aromatic rings. The average Bonchev–Trinajstić information content (AvgIpc) is 3.28. The summed E-state index contributed by atoms with van der Waals surface area (Å²) < 4.78 is 10.6. The largest absolute Gasteiger partial charge is 0.493 e. The quantitative estimate of drug-likeness (QED) is 0.773. The Balaban J connectivity index is 1.68. The van der Waals surface area contributed by atoms with E-state index in [9.17, 15) is 9.59 Å². The molecule has 29 heavy (non-hydrogen) atoms. The van der Waals surface area contributed by atoms with Crippen LogP contribution in [0.4, 0.5) is 5.69 Å². The van der Waals surface area contributed by atoms with Gasteiger partial charge in [-0.25, -0.2) is 0 Å². The molecule has 1 saturated heterocycles. The van der Waals surface area contributed by atoms with Crippen LogP contribution >= 0.6 is 0 Å². The molecule has 1 N–H and O–H groups in total. The van der Waals surface area contributed by atoms with E-state index in [1.54, 1.807) is 20.3 Å². The Labute approximate surface area is 171 Å². The van der Waals surface area contributed by atoms with E-state index < -0.39 is 0 Å². The zero-order valence-corrected chi connectivity index (χ0v) is 17.3. The van der Waals surface area contributed by atoms with Crippen LogP contribution in [0.3, 0.4) is 0 Å². The summed E-state index contributed by atoms with van der Waals surface area (Å²) in [4.78, 5) is 27.3. The van der Waals surface area contributed by atoms with Crippen LogP contribution in [0, 0.1) is 6.92 Å². The predicted octanol–water partition coefficient (Wildman–Crippen LogP) is 3.82. The first-order valence-electron chi connectivity index (χ1n) is 9.93. The number of para-hydroxylation sites is 1. The van der Waals surface area contributed by atoms with Crippen molar-refractivity contribution < 1.29 is 19.1 Å². The molecule has 1 fully saturated rings. The molecular formula is C23H28N2O4. The van der Waals surface area contributed by atoms with Crippen molar-refractivity contribution in [2.75, 3.05) is 32.6 Å². The minimum atomic E-state index is -0.121. The second kappa shape index (κ2) is 9.45. The fourth-order valence-corrected chi connectivity index (χ4v) is 3.60. The van der Waals surface area contributed by atoms with Crippen LogP contribution in [0.2, 0.25) is 0 Å². The molecule has 0 spiro atoms. The Kier molecular flexibility index (Phi) is 6.75. The Morgan fingerprint density at radius 3 is 2.45 bits per heavy atom. The maximum absolute atomic E-state index is 12.9. The van der Waals surface area contributed by atoms with Crippen molar-refractivity contribution in [2.24, 2.45) is 0 Å². The Bertz CT molecular complexity index is 888. The molecular weight excluding hydrogens is 368 g/mol. The molecule has 2 aromatic carbocycles. The van der Waals surface area contributed by atoms with E-state index in [1.807, 2.05) is 42.2 Å². The van der Waals surface area contributed by atoms with Crippen LogP contribution < -0.4 is 14.8 Å². The predicted molar refractivity (Wildman–Crippen MR) is 113 cm³/mol. The van der Waals surface area contributed by atoms with E-state index >= 15 is 0 Å². The maximum atomic E-state index is 12.9. The van der Waals surface area contributed by atoms with Gasteiger partial charge in [0.15, 0.2) is 11.5 Å². The van der Waals surface area contributed by atoms with Crippen molar-refractivity contribution in [1.29, 1.82) is 0 Å². The molecule has 0 saturated carbocycles. The van der Waals surface area contributed by atoms with Crippen molar-refractivity contribution in [3.63, 3.8) is 0 Å². The topological polar surface area (TPSA) is 67.9 Å². The van der Waals surface area contributed by atoms with E-state index in [0.717, 1.165) is 37.1 Å². The molecule has 1 aliphatic rings. The van der Waals surface area contributed by atoms with Gasteiger partial charge in [-0.05, 0) is 55.5 Å². The number of hydrogen-bond donors (Lipinski definition) is 1. The monoisotopic (exact) mass is 396 g/mol. The van der Waals surface area contributed by atoms with E-state index in [-0.39, 0.29) is 11.8 Å². The van der Waals surface area contributed by atoms with Crippen LogP contribution in [0.5, 0.6) is 11.5 Å². The van der Waals surface area contributed by atoms with Crippen LogP contribution in [0.25, 0.3) is 0 Å². The summed E-state index contributed by atoms with van der Waals surface area (Å²) in [6.45, 7) is 3.46. The van der Waals surface area contributed by atoms with E-state index in [1.165, 1.54) is 0 Å². The van der Waals surface area contributed by atoms with Crippen molar-refractivity contribution in [1.82, 2.24) is 4.90 Å². The Hall–Kier alpha value is -3.02. The van der Waals surface area contributed by atoms with Gasteiger partial charge in [-0.15, -0.1) is 0 Å². The van der Waals surface area contributed by atoms with Crippen LogP contribution in [0.15, 0.2) is 36.4 Å².